The van der Waals surface area contributed by atoms with Crippen molar-refractivity contribution >= 4 is 0 Å². The largest absolute Gasteiger partial charge is 0.494 e. The highest BCUT2D eigenvalue weighted by Crippen LogP contribution is 2.23. The van der Waals surface area contributed by atoms with Gasteiger partial charge in [0.15, 0.2) is 0 Å². The second kappa shape index (κ2) is 7.47. The van der Waals surface area contributed by atoms with Gasteiger partial charge in [-0.2, -0.15) is 0 Å². The Morgan fingerprint density at radius 1 is 1.14 bits per heavy atom. The number of aliphatic hydroxyl groups is 1. The average molecular weight is 305 g/mol. The lowest BCUT2D eigenvalue weighted by atomic mass is 9.92. The summed E-state index contributed by atoms with van der Waals surface area (Å²) in [6.45, 7) is 12.6. The topological polar surface area (TPSA) is 32.7 Å². The fourth-order valence-electron chi connectivity index (χ4n) is 3.41. The summed E-state index contributed by atoms with van der Waals surface area (Å²) in [5, 5.41) is 9.93. The Hall–Kier alpha value is -1.06. The van der Waals surface area contributed by atoms with E-state index in [1.807, 2.05) is 24.3 Å². The van der Waals surface area contributed by atoms with Gasteiger partial charge in [-0.25, -0.2) is 0 Å². The van der Waals surface area contributed by atoms with E-state index in [0.29, 0.717) is 0 Å². The number of likely N-dealkylation sites (tertiary alicyclic amines) is 1. The van der Waals surface area contributed by atoms with E-state index < -0.39 is 5.60 Å². The Morgan fingerprint density at radius 3 is 2.27 bits per heavy atom. The van der Waals surface area contributed by atoms with E-state index >= 15 is 0 Å². The van der Waals surface area contributed by atoms with Crippen LogP contribution in [0.1, 0.15) is 46.1 Å². The predicted octanol–water partition coefficient (Wildman–Crippen LogP) is 3.66. The van der Waals surface area contributed by atoms with Crippen molar-refractivity contribution in [3.05, 3.63) is 29.8 Å². The Balaban J connectivity index is 1.70. The summed E-state index contributed by atoms with van der Waals surface area (Å²) >= 11 is 0. The SMILES string of the molecule is C[C@@H]1C[C@@H](C)CN(CCCOc2ccc(C(C)(C)O)cc2)C1. The molecule has 0 saturated carbocycles. The fourth-order valence-corrected chi connectivity index (χ4v) is 3.41. The highest BCUT2D eigenvalue weighted by atomic mass is 16.5. The third-order valence-electron chi connectivity index (χ3n) is 4.39. The molecule has 2 rings (SSSR count). The van der Waals surface area contributed by atoms with Gasteiger partial charge in [0.1, 0.15) is 5.75 Å². The molecule has 1 N–H and O–H groups in total. The molecule has 0 aliphatic carbocycles. The van der Waals surface area contributed by atoms with Crippen molar-refractivity contribution in [3.63, 3.8) is 0 Å². The van der Waals surface area contributed by atoms with E-state index in [1.165, 1.54) is 19.5 Å². The van der Waals surface area contributed by atoms with Crippen LogP contribution in [0.5, 0.6) is 5.75 Å². The normalized spacial score (nSPS) is 23.5. The van der Waals surface area contributed by atoms with Gasteiger partial charge < -0.3 is 14.7 Å². The number of rotatable bonds is 6. The van der Waals surface area contributed by atoms with Gasteiger partial charge in [0, 0.05) is 19.6 Å². The second-order valence-corrected chi connectivity index (χ2v) is 7.49. The lowest BCUT2D eigenvalue weighted by Crippen LogP contribution is -2.39. The maximum atomic E-state index is 9.93. The van der Waals surface area contributed by atoms with Gasteiger partial charge in [0.25, 0.3) is 0 Å². The average Bonchev–Trinajstić information content (AvgIpc) is 2.42. The molecular weight excluding hydrogens is 274 g/mol. The third-order valence-corrected chi connectivity index (χ3v) is 4.39. The molecule has 0 spiro atoms. The summed E-state index contributed by atoms with van der Waals surface area (Å²) < 4.78 is 5.81. The number of piperidine rings is 1. The lowest BCUT2D eigenvalue weighted by molar-refractivity contribution is 0.0785. The summed E-state index contributed by atoms with van der Waals surface area (Å²) in [5.74, 6) is 2.52. The van der Waals surface area contributed by atoms with E-state index in [0.717, 1.165) is 42.7 Å². The van der Waals surface area contributed by atoms with Crippen LogP contribution in [-0.4, -0.2) is 36.2 Å². The molecule has 1 aromatic rings. The summed E-state index contributed by atoms with van der Waals surface area (Å²) in [6, 6.07) is 7.75. The minimum atomic E-state index is -0.791. The van der Waals surface area contributed by atoms with E-state index in [1.54, 1.807) is 13.8 Å². The van der Waals surface area contributed by atoms with Gasteiger partial charge in [0.2, 0.25) is 0 Å². The van der Waals surface area contributed by atoms with Gasteiger partial charge in [-0.15, -0.1) is 0 Å². The van der Waals surface area contributed by atoms with Crippen LogP contribution < -0.4 is 4.74 Å². The van der Waals surface area contributed by atoms with Gasteiger partial charge in [-0.05, 0) is 56.2 Å². The molecule has 1 aromatic carbocycles. The molecule has 3 heteroatoms. The third kappa shape index (κ3) is 5.29. The highest BCUT2D eigenvalue weighted by Gasteiger charge is 2.21. The van der Waals surface area contributed by atoms with Gasteiger partial charge in [-0.1, -0.05) is 26.0 Å². The zero-order chi connectivity index (χ0) is 16.2. The van der Waals surface area contributed by atoms with Crippen molar-refractivity contribution < 1.29 is 9.84 Å². The van der Waals surface area contributed by atoms with Crippen molar-refractivity contribution in [2.75, 3.05) is 26.2 Å². The Morgan fingerprint density at radius 2 is 1.73 bits per heavy atom. The quantitative estimate of drug-likeness (QED) is 0.814. The fraction of sp³-hybridized carbons (Fsp3) is 0.684. The van der Waals surface area contributed by atoms with E-state index in [9.17, 15) is 5.11 Å². The van der Waals surface area contributed by atoms with Crippen LogP contribution in [0.2, 0.25) is 0 Å². The van der Waals surface area contributed by atoms with Crippen LogP contribution >= 0.6 is 0 Å². The molecule has 1 aliphatic rings. The van der Waals surface area contributed by atoms with Crippen LogP contribution in [0.4, 0.5) is 0 Å². The molecule has 3 nitrogen and oxygen atoms in total. The van der Waals surface area contributed by atoms with Crippen molar-refractivity contribution in [2.45, 2.75) is 46.1 Å². The molecule has 0 unspecified atom stereocenters. The molecule has 2 atom stereocenters. The Kier molecular flexibility index (Phi) is 5.87. The Labute approximate surface area is 135 Å². The molecule has 1 saturated heterocycles. The molecule has 0 radical (unpaired) electrons. The first-order valence-corrected chi connectivity index (χ1v) is 8.52. The zero-order valence-electron chi connectivity index (χ0n) is 14.5. The molecule has 0 aromatic heterocycles. The molecular formula is C19H31NO2. The summed E-state index contributed by atoms with van der Waals surface area (Å²) in [7, 11) is 0. The Bertz CT molecular complexity index is 439. The zero-order valence-corrected chi connectivity index (χ0v) is 14.5. The molecule has 1 fully saturated rings. The lowest BCUT2D eigenvalue weighted by Gasteiger charge is -2.34. The number of hydrogen-bond acceptors (Lipinski definition) is 3. The maximum Gasteiger partial charge on any atom is 0.119 e. The summed E-state index contributed by atoms with van der Waals surface area (Å²) in [6.07, 6.45) is 2.42. The van der Waals surface area contributed by atoms with Gasteiger partial charge >= 0.3 is 0 Å². The minimum absolute atomic E-state index is 0.751. The maximum absolute atomic E-state index is 9.93. The van der Waals surface area contributed by atoms with Crippen molar-refractivity contribution in [1.82, 2.24) is 4.90 Å². The smallest absolute Gasteiger partial charge is 0.119 e. The molecule has 0 bridgehead atoms. The minimum Gasteiger partial charge on any atom is -0.494 e. The van der Waals surface area contributed by atoms with Crippen LogP contribution in [0.3, 0.4) is 0 Å². The van der Waals surface area contributed by atoms with Gasteiger partial charge in [-0.3, -0.25) is 0 Å². The number of nitrogens with zero attached hydrogens (tertiary/aromatic N) is 1. The number of benzene rings is 1. The highest BCUT2D eigenvalue weighted by molar-refractivity contribution is 5.30. The summed E-state index contributed by atoms with van der Waals surface area (Å²) in [5.41, 5.74) is 0.122. The van der Waals surface area contributed by atoms with E-state index in [4.69, 9.17) is 4.74 Å². The van der Waals surface area contributed by atoms with Crippen LogP contribution in [-0.2, 0) is 5.60 Å². The first-order valence-electron chi connectivity index (χ1n) is 8.52. The molecule has 1 heterocycles. The number of hydrogen-bond donors (Lipinski definition) is 1. The van der Waals surface area contributed by atoms with Crippen LogP contribution in [0.25, 0.3) is 0 Å². The van der Waals surface area contributed by atoms with Crippen molar-refractivity contribution in [1.29, 1.82) is 0 Å². The molecule has 22 heavy (non-hydrogen) atoms. The van der Waals surface area contributed by atoms with Crippen LogP contribution in [0, 0.1) is 11.8 Å². The molecule has 124 valence electrons. The molecule has 1 aliphatic heterocycles. The predicted molar refractivity (Wildman–Crippen MR) is 91.2 cm³/mol. The monoisotopic (exact) mass is 305 g/mol. The van der Waals surface area contributed by atoms with E-state index in [-0.39, 0.29) is 0 Å². The van der Waals surface area contributed by atoms with Crippen molar-refractivity contribution in [2.24, 2.45) is 11.8 Å². The first-order chi connectivity index (χ1) is 10.3. The summed E-state index contributed by atoms with van der Waals surface area (Å²) in [4.78, 5) is 2.57. The van der Waals surface area contributed by atoms with Crippen LogP contribution in [0.15, 0.2) is 24.3 Å². The standard InChI is InChI=1S/C19H31NO2/c1-15-12-16(2)14-20(13-15)10-5-11-22-18-8-6-17(7-9-18)19(3,4)21/h6-9,15-16,21H,5,10-14H2,1-4H3/t15-,16-/m1/s1. The first kappa shape index (κ1) is 17.3. The second-order valence-electron chi connectivity index (χ2n) is 7.49. The van der Waals surface area contributed by atoms with Crippen molar-refractivity contribution in [3.8, 4) is 5.75 Å². The van der Waals surface area contributed by atoms with Gasteiger partial charge in [0.05, 0.1) is 12.2 Å². The molecule has 0 amide bonds. The number of ether oxygens (including phenoxy) is 1. The van der Waals surface area contributed by atoms with E-state index in [2.05, 4.69) is 18.7 Å².